The number of hydrogen-bond acceptors (Lipinski definition) is 7. The zero-order valence-corrected chi connectivity index (χ0v) is 18.4. The Bertz CT molecular complexity index is 1180. The number of likely N-dealkylation sites (tertiary alicyclic amines) is 1. The molecule has 3 aromatic rings. The van der Waals surface area contributed by atoms with E-state index in [4.69, 9.17) is 10.5 Å². The van der Waals surface area contributed by atoms with Crippen molar-refractivity contribution in [2.45, 2.75) is 32.0 Å². The number of anilines is 2. The Morgan fingerprint density at radius 3 is 2.88 bits per heavy atom. The molecule has 176 valence electrons. The molecule has 3 heterocycles. The molecule has 12 heteroatoms. The zero-order valence-electron chi connectivity index (χ0n) is 17.6. The summed E-state index contributed by atoms with van der Waals surface area (Å²) in [5, 5.41) is 3.69. The van der Waals surface area contributed by atoms with Gasteiger partial charge in [0.2, 0.25) is 0 Å². The third kappa shape index (κ3) is 5.33. The molecule has 1 aliphatic heterocycles. The van der Waals surface area contributed by atoms with Gasteiger partial charge < -0.3 is 15.8 Å². The van der Waals surface area contributed by atoms with E-state index in [1.54, 1.807) is 6.92 Å². The van der Waals surface area contributed by atoms with Crippen molar-refractivity contribution in [3.05, 3.63) is 40.8 Å². The summed E-state index contributed by atoms with van der Waals surface area (Å²) in [6.07, 6.45) is -2.42. The topological polar surface area (TPSA) is 93.4 Å². The summed E-state index contributed by atoms with van der Waals surface area (Å²) >= 11 is 1.14. The van der Waals surface area contributed by atoms with Crippen molar-refractivity contribution in [3.8, 4) is 5.75 Å². The Kier molecular flexibility index (Phi) is 6.39. The van der Waals surface area contributed by atoms with Crippen LogP contribution in [-0.2, 0) is 0 Å². The molecule has 0 saturated carbocycles. The van der Waals surface area contributed by atoms with Gasteiger partial charge in [0.15, 0.2) is 0 Å². The Balaban J connectivity index is 1.60. The number of carbonyl (C=O) groups is 1. The molecule has 0 aliphatic carbocycles. The lowest BCUT2D eigenvalue weighted by Crippen LogP contribution is -2.45. The Morgan fingerprint density at radius 2 is 2.15 bits per heavy atom. The number of alkyl halides is 3. The van der Waals surface area contributed by atoms with Gasteiger partial charge in [-0.25, -0.2) is 14.4 Å². The lowest BCUT2D eigenvalue weighted by molar-refractivity contribution is -0.150. The fraction of sp³-hybridized carbons (Fsp3) is 0.381. The van der Waals surface area contributed by atoms with Crippen LogP contribution in [0.1, 0.15) is 28.1 Å². The number of benzene rings is 1. The molecule has 2 aromatic heterocycles. The molecular formula is C21H21F4N5O2S. The van der Waals surface area contributed by atoms with E-state index >= 15 is 0 Å². The van der Waals surface area contributed by atoms with E-state index in [2.05, 4.69) is 15.3 Å². The Labute approximate surface area is 190 Å². The van der Waals surface area contributed by atoms with Gasteiger partial charge in [0, 0.05) is 12.6 Å². The number of nitrogens with one attached hydrogen (secondary N) is 1. The molecule has 1 amide bonds. The molecular weight excluding hydrogens is 462 g/mol. The highest BCUT2D eigenvalue weighted by atomic mass is 32.1. The summed E-state index contributed by atoms with van der Waals surface area (Å²) in [6.45, 7) is 1.12. The summed E-state index contributed by atoms with van der Waals surface area (Å²) in [6, 6.07) is 3.88. The van der Waals surface area contributed by atoms with Crippen LogP contribution in [0, 0.1) is 12.7 Å². The third-order valence-electron chi connectivity index (χ3n) is 5.31. The molecule has 0 bridgehead atoms. The van der Waals surface area contributed by atoms with Crippen molar-refractivity contribution < 1.29 is 27.1 Å². The van der Waals surface area contributed by atoms with Gasteiger partial charge >= 0.3 is 6.18 Å². The molecule has 1 atom stereocenters. The largest absolute Gasteiger partial charge is 0.487 e. The summed E-state index contributed by atoms with van der Waals surface area (Å²) in [5.41, 5.74) is 6.44. The maximum atomic E-state index is 14.0. The number of ether oxygens (including phenoxy) is 1. The predicted molar refractivity (Wildman–Crippen MR) is 116 cm³/mol. The maximum Gasteiger partial charge on any atom is 0.401 e. The van der Waals surface area contributed by atoms with E-state index in [-0.39, 0.29) is 12.3 Å². The third-order valence-corrected chi connectivity index (χ3v) is 6.52. The van der Waals surface area contributed by atoms with Gasteiger partial charge in [0.05, 0.1) is 22.5 Å². The standard InChI is InChI=1S/C21H21F4N5O2S/c1-11-16-19(27-10-28-20(16)33-17(11)18(26)31)29-14-5-4-12(22)7-15(14)32-13-3-2-6-30(8-13)9-21(23,24)25/h4-5,7,10,13H,2-3,6,8-9H2,1H3,(H2,26,31)(H,27,28,29)/t13-/m0/s1. The van der Waals surface area contributed by atoms with Crippen molar-refractivity contribution in [3.63, 3.8) is 0 Å². The molecule has 0 spiro atoms. The first-order valence-electron chi connectivity index (χ1n) is 10.2. The first-order chi connectivity index (χ1) is 15.6. The average Bonchev–Trinajstić information content (AvgIpc) is 3.07. The molecule has 0 radical (unpaired) electrons. The predicted octanol–water partition coefficient (Wildman–Crippen LogP) is 4.39. The van der Waals surface area contributed by atoms with Crippen molar-refractivity contribution >= 4 is 39.0 Å². The lowest BCUT2D eigenvalue weighted by Gasteiger charge is -2.33. The van der Waals surface area contributed by atoms with Gasteiger partial charge in [-0.1, -0.05) is 0 Å². The van der Waals surface area contributed by atoms with Gasteiger partial charge in [-0.3, -0.25) is 9.69 Å². The fourth-order valence-corrected chi connectivity index (χ4v) is 4.91. The molecule has 7 nitrogen and oxygen atoms in total. The second kappa shape index (κ2) is 9.10. The first-order valence-corrected chi connectivity index (χ1v) is 11.0. The number of aryl methyl sites for hydroxylation is 1. The van der Waals surface area contributed by atoms with Crippen molar-refractivity contribution in [1.29, 1.82) is 0 Å². The number of thiophene rings is 1. The van der Waals surface area contributed by atoms with Crippen molar-refractivity contribution in [2.75, 3.05) is 25.0 Å². The van der Waals surface area contributed by atoms with E-state index in [1.807, 2.05) is 0 Å². The van der Waals surface area contributed by atoms with Crippen LogP contribution in [0.25, 0.3) is 10.2 Å². The SMILES string of the molecule is Cc1c(C(N)=O)sc2ncnc(Nc3ccc(F)cc3O[C@H]3CCCN(CC(F)(F)F)C3)c12. The monoisotopic (exact) mass is 483 g/mol. The van der Waals surface area contributed by atoms with E-state index in [0.29, 0.717) is 51.5 Å². The summed E-state index contributed by atoms with van der Waals surface area (Å²) in [5.74, 6) is -0.592. The molecule has 3 N–H and O–H groups in total. The number of nitrogens with zero attached hydrogens (tertiary/aromatic N) is 3. The highest BCUT2D eigenvalue weighted by Gasteiger charge is 2.33. The van der Waals surface area contributed by atoms with Crippen LogP contribution in [0.5, 0.6) is 5.75 Å². The summed E-state index contributed by atoms with van der Waals surface area (Å²) in [4.78, 5) is 22.3. The smallest absolute Gasteiger partial charge is 0.401 e. The Morgan fingerprint density at radius 1 is 1.36 bits per heavy atom. The van der Waals surface area contributed by atoms with Gasteiger partial charge in [-0.05, 0) is 44.0 Å². The number of piperidine rings is 1. The number of nitrogens with two attached hydrogens (primary N) is 1. The normalized spacial score (nSPS) is 17.3. The van der Waals surface area contributed by atoms with Crippen LogP contribution in [0.3, 0.4) is 0 Å². The number of halogens is 4. The second-order valence-corrected chi connectivity index (χ2v) is 8.82. The average molecular weight is 483 g/mol. The van der Waals surface area contributed by atoms with Gasteiger partial charge in [-0.15, -0.1) is 11.3 Å². The number of carbonyl (C=O) groups excluding carboxylic acids is 1. The second-order valence-electron chi connectivity index (χ2n) is 7.82. The number of hydrogen-bond donors (Lipinski definition) is 2. The van der Waals surface area contributed by atoms with Crippen LogP contribution in [-0.4, -0.2) is 52.7 Å². The van der Waals surface area contributed by atoms with E-state index < -0.39 is 30.5 Å². The van der Waals surface area contributed by atoms with Crippen LogP contribution >= 0.6 is 11.3 Å². The Hall–Kier alpha value is -2.99. The fourth-order valence-electron chi connectivity index (χ4n) is 3.91. The minimum atomic E-state index is -4.30. The lowest BCUT2D eigenvalue weighted by atomic mass is 10.1. The number of rotatable bonds is 6. The van der Waals surface area contributed by atoms with Crippen LogP contribution in [0.4, 0.5) is 29.1 Å². The molecule has 1 aromatic carbocycles. The number of primary amides is 1. The minimum Gasteiger partial charge on any atom is -0.487 e. The van der Waals surface area contributed by atoms with Crippen LogP contribution < -0.4 is 15.8 Å². The van der Waals surface area contributed by atoms with Crippen molar-refractivity contribution in [2.24, 2.45) is 5.73 Å². The minimum absolute atomic E-state index is 0.0822. The van der Waals surface area contributed by atoms with Crippen LogP contribution in [0.15, 0.2) is 24.5 Å². The molecule has 4 rings (SSSR count). The molecule has 1 aliphatic rings. The first kappa shape index (κ1) is 23.2. The van der Waals surface area contributed by atoms with E-state index in [0.717, 1.165) is 11.3 Å². The van der Waals surface area contributed by atoms with Gasteiger partial charge in [-0.2, -0.15) is 13.2 Å². The van der Waals surface area contributed by atoms with E-state index in [1.165, 1.54) is 29.4 Å². The highest BCUT2D eigenvalue weighted by Crippen LogP contribution is 2.37. The van der Waals surface area contributed by atoms with Crippen molar-refractivity contribution in [1.82, 2.24) is 14.9 Å². The maximum absolute atomic E-state index is 14.0. The van der Waals surface area contributed by atoms with Gasteiger partial charge in [0.25, 0.3) is 5.91 Å². The zero-order chi connectivity index (χ0) is 23.8. The molecule has 1 saturated heterocycles. The number of aromatic nitrogens is 2. The number of amides is 1. The summed E-state index contributed by atoms with van der Waals surface area (Å²) in [7, 11) is 0. The summed E-state index contributed by atoms with van der Waals surface area (Å²) < 4.78 is 58.3. The van der Waals surface area contributed by atoms with E-state index in [9.17, 15) is 22.4 Å². The molecule has 0 unspecified atom stereocenters. The molecule has 1 fully saturated rings. The highest BCUT2D eigenvalue weighted by molar-refractivity contribution is 7.20. The number of fused-ring (bicyclic) bond motifs is 1. The van der Waals surface area contributed by atoms with Gasteiger partial charge in [0.1, 0.15) is 34.6 Å². The molecule has 33 heavy (non-hydrogen) atoms. The quantitative estimate of drug-likeness (QED) is 0.506. The van der Waals surface area contributed by atoms with Crippen LogP contribution in [0.2, 0.25) is 0 Å².